The van der Waals surface area contributed by atoms with E-state index in [1.165, 1.54) is 51.4 Å². The summed E-state index contributed by atoms with van der Waals surface area (Å²) in [6.45, 7) is 4.92. The number of halogens is 1. The summed E-state index contributed by atoms with van der Waals surface area (Å²) >= 11 is 0. The van der Waals surface area contributed by atoms with Crippen LogP contribution in [-0.4, -0.2) is 48.2 Å². The number of amides is 3. The lowest BCUT2D eigenvalue weighted by atomic mass is 9.88. The van der Waals surface area contributed by atoms with Crippen LogP contribution in [0.5, 0.6) is 0 Å². The Morgan fingerprint density at radius 2 is 1.37 bits per heavy atom. The largest absolute Gasteiger partial charge is 0.444 e. The lowest BCUT2D eigenvalue weighted by molar-refractivity contribution is -0.141. The molecule has 1 fully saturated rings. The van der Waals surface area contributed by atoms with Crippen molar-refractivity contribution < 1.29 is 29.0 Å². The average Bonchev–Trinajstić information content (AvgIpc) is 2.81. The van der Waals surface area contributed by atoms with Crippen LogP contribution in [0.3, 0.4) is 0 Å². The van der Waals surface area contributed by atoms with Crippen molar-refractivity contribution in [2.45, 2.75) is 116 Å². The van der Waals surface area contributed by atoms with E-state index in [1.54, 1.807) is 6.92 Å². The van der Waals surface area contributed by atoms with Gasteiger partial charge in [0.2, 0.25) is 5.91 Å². The predicted octanol–water partition coefficient (Wildman–Crippen LogP) is 5.01. The van der Waals surface area contributed by atoms with Gasteiger partial charge in [0.05, 0.1) is 0 Å². The zero-order valence-electron chi connectivity index (χ0n) is 21.8. The lowest BCUT2D eigenvalue weighted by Gasteiger charge is -2.27. The van der Waals surface area contributed by atoms with E-state index < -0.39 is 11.7 Å². The molecule has 0 heterocycles. The number of hydrogen-bond acceptors (Lipinski definition) is 5. The quantitative estimate of drug-likeness (QED) is 0.289. The van der Waals surface area contributed by atoms with Crippen LogP contribution in [0.4, 0.5) is 9.32 Å². The summed E-state index contributed by atoms with van der Waals surface area (Å²) in [5, 5.41) is 17.6. The Labute approximate surface area is 210 Å². The summed E-state index contributed by atoms with van der Waals surface area (Å²) in [5.74, 6) is -0.261. The highest BCUT2D eigenvalue weighted by molar-refractivity contribution is 5.84. The van der Waals surface area contributed by atoms with E-state index in [2.05, 4.69) is 27.0 Å². The van der Waals surface area contributed by atoms with Gasteiger partial charge in [0, 0.05) is 30.6 Å². The fourth-order valence-corrected chi connectivity index (χ4v) is 3.82. The molecule has 2 rings (SSSR count). The van der Waals surface area contributed by atoms with Gasteiger partial charge in [-0.2, -0.15) is 0 Å². The van der Waals surface area contributed by atoms with Crippen molar-refractivity contribution in [2.24, 2.45) is 0 Å². The maximum atomic E-state index is 11.6. The standard InChI is InChI=1S/C11H19NO2.C8H16.C7H13FN2O3/c1-2-12-10(13)11(14)8-6-4-3-5-7-9-11;1-2-4-6-8-7-5-3-1;1-2-6(11)9-4-3-5-10-7(12)13-8/h3-4,14H,2,5-9H2,1H3,(H,12,13);1-8H2;2-5H2,1H3,(H,9,11)(H,10,12)/b4-3+;;/t11-;;/m0../s1. The van der Waals surface area contributed by atoms with E-state index in [9.17, 15) is 24.0 Å². The molecule has 204 valence electrons. The first-order valence-electron chi connectivity index (χ1n) is 13.4. The minimum atomic E-state index is -1.14. The first kappa shape index (κ1) is 32.8. The molecule has 1 atom stereocenters. The SMILES string of the molecule is C1CCCCCCC1.CCC(=O)NCCCNC(=O)OF.CCNC(=O)[C@]1(O)CC/C=C/CCC1. The van der Waals surface area contributed by atoms with Gasteiger partial charge >= 0.3 is 6.09 Å². The number of carbonyl (C=O) groups excluding carboxylic acids is 3. The summed E-state index contributed by atoms with van der Waals surface area (Å²) in [6.07, 6.45) is 19.8. The highest BCUT2D eigenvalue weighted by Crippen LogP contribution is 2.23. The van der Waals surface area contributed by atoms with Crippen molar-refractivity contribution in [3.8, 4) is 0 Å². The summed E-state index contributed by atoms with van der Waals surface area (Å²) in [4.78, 5) is 35.3. The molecule has 2 aliphatic carbocycles. The molecule has 3 amide bonds. The Morgan fingerprint density at radius 3 is 1.89 bits per heavy atom. The van der Waals surface area contributed by atoms with Gasteiger partial charge in [-0.15, -0.1) is 0 Å². The Balaban J connectivity index is 0.000000513. The van der Waals surface area contributed by atoms with Gasteiger partial charge in [-0.1, -0.05) is 70.4 Å². The number of nitrogens with one attached hydrogen (secondary N) is 3. The molecule has 1 saturated carbocycles. The van der Waals surface area contributed by atoms with Gasteiger partial charge in [0.1, 0.15) is 5.60 Å². The molecule has 2 aliphatic rings. The van der Waals surface area contributed by atoms with Crippen molar-refractivity contribution in [3.05, 3.63) is 12.2 Å². The molecule has 0 radical (unpaired) electrons. The van der Waals surface area contributed by atoms with Gasteiger partial charge in [-0.25, -0.2) is 9.74 Å². The van der Waals surface area contributed by atoms with E-state index in [1.807, 2.05) is 13.0 Å². The van der Waals surface area contributed by atoms with Gasteiger partial charge in [0.25, 0.3) is 5.91 Å². The van der Waals surface area contributed by atoms with E-state index >= 15 is 0 Å². The van der Waals surface area contributed by atoms with Gasteiger partial charge in [-0.05, 0) is 45.4 Å². The Bertz CT molecular complexity index is 562. The third-order valence-corrected chi connectivity index (χ3v) is 5.95. The predicted molar refractivity (Wildman–Crippen MR) is 136 cm³/mol. The minimum Gasteiger partial charge on any atom is -0.380 e. The fourth-order valence-electron chi connectivity index (χ4n) is 3.82. The Hall–Kier alpha value is -2.16. The molecular weight excluding hydrogens is 453 g/mol. The van der Waals surface area contributed by atoms with Crippen molar-refractivity contribution in [2.75, 3.05) is 19.6 Å². The molecule has 0 spiro atoms. The normalized spacial score (nSPS) is 20.9. The first-order valence-corrected chi connectivity index (χ1v) is 13.4. The monoisotopic (exact) mass is 501 g/mol. The molecule has 8 nitrogen and oxygen atoms in total. The molecule has 0 unspecified atom stereocenters. The van der Waals surface area contributed by atoms with Crippen LogP contribution in [0.15, 0.2) is 12.2 Å². The van der Waals surface area contributed by atoms with Crippen LogP contribution in [0.1, 0.15) is 110 Å². The van der Waals surface area contributed by atoms with Crippen LogP contribution in [0.2, 0.25) is 0 Å². The molecule has 9 heteroatoms. The maximum Gasteiger partial charge on any atom is 0.444 e. The van der Waals surface area contributed by atoms with E-state index in [0.29, 0.717) is 38.8 Å². The fraction of sp³-hybridized carbons (Fsp3) is 0.808. The van der Waals surface area contributed by atoms with E-state index in [0.717, 1.165) is 19.3 Å². The smallest absolute Gasteiger partial charge is 0.380 e. The summed E-state index contributed by atoms with van der Waals surface area (Å²) in [6, 6.07) is 0. The van der Waals surface area contributed by atoms with Crippen LogP contribution in [0.25, 0.3) is 0 Å². The second kappa shape index (κ2) is 22.3. The summed E-state index contributed by atoms with van der Waals surface area (Å²) in [7, 11) is 0. The molecular formula is C26H48FN3O5. The maximum absolute atomic E-state index is 11.6. The number of hydrogen-bond donors (Lipinski definition) is 4. The molecule has 4 N–H and O–H groups in total. The zero-order chi connectivity index (χ0) is 26.2. The van der Waals surface area contributed by atoms with Gasteiger partial charge in [-0.3, -0.25) is 9.59 Å². The average molecular weight is 502 g/mol. The van der Waals surface area contributed by atoms with Crippen LogP contribution < -0.4 is 16.0 Å². The van der Waals surface area contributed by atoms with Crippen molar-refractivity contribution >= 4 is 17.9 Å². The van der Waals surface area contributed by atoms with Crippen molar-refractivity contribution in [3.63, 3.8) is 0 Å². The topological polar surface area (TPSA) is 117 Å². The van der Waals surface area contributed by atoms with E-state index in [-0.39, 0.29) is 18.4 Å². The van der Waals surface area contributed by atoms with Crippen LogP contribution >= 0.6 is 0 Å². The molecule has 0 bridgehead atoms. The third kappa shape index (κ3) is 18.8. The molecule has 0 aromatic carbocycles. The highest BCUT2D eigenvalue weighted by atomic mass is 19.3. The molecule has 35 heavy (non-hydrogen) atoms. The number of allylic oxidation sites excluding steroid dienone is 2. The van der Waals surface area contributed by atoms with E-state index in [4.69, 9.17) is 0 Å². The number of likely N-dealkylation sites (N-methyl/N-ethyl adjacent to an activating group) is 1. The van der Waals surface area contributed by atoms with Gasteiger partial charge < -0.3 is 21.1 Å². The van der Waals surface area contributed by atoms with Crippen molar-refractivity contribution in [1.82, 2.24) is 16.0 Å². The van der Waals surface area contributed by atoms with Crippen LogP contribution in [-0.2, 0) is 14.5 Å². The first-order chi connectivity index (χ1) is 16.9. The second-order valence-electron chi connectivity index (χ2n) is 8.97. The summed E-state index contributed by atoms with van der Waals surface area (Å²) < 4.78 is 11.1. The van der Waals surface area contributed by atoms with Crippen molar-refractivity contribution in [1.29, 1.82) is 0 Å². The Morgan fingerprint density at radius 1 is 0.829 bits per heavy atom. The zero-order valence-corrected chi connectivity index (χ0v) is 21.8. The highest BCUT2D eigenvalue weighted by Gasteiger charge is 2.34. The number of rotatable bonds is 7. The number of carbonyl (C=O) groups is 3. The molecule has 0 aliphatic heterocycles. The lowest BCUT2D eigenvalue weighted by Crippen LogP contribution is -2.46. The van der Waals surface area contributed by atoms with Crippen LogP contribution in [0, 0.1) is 0 Å². The Kier molecular flexibility index (Phi) is 20.9. The van der Waals surface area contributed by atoms with Gasteiger partial charge in [0.15, 0.2) is 0 Å². The molecule has 0 aromatic rings. The molecule has 0 saturated heterocycles. The third-order valence-electron chi connectivity index (χ3n) is 5.95. The number of aliphatic hydroxyl groups is 1. The summed E-state index contributed by atoms with van der Waals surface area (Å²) in [5.41, 5.74) is -1.14. The molecule has 0 aromatic heterocycles. The second-order valence-corrected chi connectivity index (χ2v) is 8.97. The minimum absolute atomic E-state index is 0.0481.